The molecule has 3 rings (SSSR count). The molecular formula is C21H23N3O4. The number of urea groups is 1. The maximum Gasteiger partial charge on any atom is 0.319 e. The Bertz CT molecular complexity index is 862. The summed E-state index contributed by atoms with van der Waals surface area (Å²) < 4.78 is 5.41. The van der Waals surface area contributed by atoms with Gasteiger partial charge in [0.1, 0.15) is 5.75 Å². The van der Waals surface area contributed by atoms with Crippen molar-refractivity contribution in [1.82, 2.24) is 5.32 Å². The lowest BCUT2D eigenvalue weighted by Crippen LogP contribution is -2.39. The van der Waals surface area contributed by atoms with Crippen LogP contribution in [0.5, 0.6) is 5.75 Å². The second-order valence-corrected chi connectivity index (χ2v) is 6.56. The molecule has 0 bridgehead atoms. The Balaban J connectivity index is 1.56. The van der Waals surface area contributed by atoms with Crippen LogP contribution < -0.4 is 20.3 Å². The average Bonchev–Trinajstić information content (AvgIpc) is 3.03. The zero-order chi connectivity index (χ0) is 20.1. The molecule has 0 spiro atoms. The molecule has 0 saturated carbocycles. The van der Waals surface area contributed by atoms with Crippen molar-refractivity contribution < 1.29 is 19.1 Å². The van der Waals surface area contributed by atoms with Crippen LogP contribution in [0.3, 0.4) is 0 Å². The van der Waals surface area contributed by atoms with Crippen LogP contribution in [0.25, 0.3) is 0 Å². The number of nitrogens with one attached hydrogen (secondary N) is 2. The van der Waals surface area contributed by atoms with Crippen molar-refractivity contribution >= 4 is 29.1 Å². The highest BCUT2D eigenvalue weighted by Crippen LogP contribution is 2.24. The van der Waals surface area contributed by atoms with Crippen molar-refractivity contribution in [2.24, 2.45) is 0 Å². The van der Waals surface area contributed by atoms with Gasteiger partial charge in [0.15, 0.2) is 5.78 Å². The van der Waals surface area contributed by atoms with Gasteiger partial charge in [-0.15, -0.1) is 0 Å². The van der Waals surface area contributed by atoms with Gasteiger partial charge < -0.3 is 20.3 Å². The van der Waals surface area contributed by atoms with E-state index in [1.54, 1.807) is 29.2 Å². The van der Waals surface area contributed by atoms with Crippen LogP contribution in [0, 0.1) is 0 Å². The molecule has 0 radical (unpaired) electrons. The summed E-state index contributed by atoms with van der Waals surface area (Å²) in [7, 11) is 0. The highest BCUT2D eigenvalue weighted by Gasteiger charge is 2.31. The Morgan fingerprint density at radius 3 is 2.39 bits per heavy atom. The molecule has 0 aliphatic carbocycles. The van der Waals surface area contributed by atoms with Crippen LogP contribution in [0.2, 0.25) is 0 Å². The van der Waals surface area contributed by atoms with E-state index in [1.807, 2.05) is 31.2 Å². The minimum atomic E-state index is -0.387. The number of carbonyl (C=O) groups is 3. The van der Waals surface area contributed by atoms with Crippen molar-refractivity contribution in [3.8, 4) is 5.75 Å². The number of benzene rings is 2. The quantitative estimate of drug-likeness (QED) is 0.752. The van der Waals surface area contributed by atoms with E-state index in [4.69, 9.17) is 4.74 Å². The van der Waals surface area contributed by atoms with Crippen molar-refractivity contribution in [2.45, 2.75) is 26.3 Å². The van der Waals surface area contributed by atoms with Crippen molar-refractivity contribution in [2.75, 3.05) is 23.4 Å². The Labute approximate surface area is 163 Å². The van der Waals surface area contributed by atoms with Crippen LogP contribution >= 0.6 is 0 Å². The first-order valence-electron chi connectivity index (χ1n) is 9.18. The molecule has 1 saturated heterocycles. The predicted molar refractivity (Wildman–Crippen MR) is 107 cm³/mol. The summed E-state index contributed by atoms with van der Waals surface area (Å²) in [6.07, 6.45) is 0.240. The summed E-state index contributed by atoms with van der Waals surface area (Å²) in [6, 6.07) is 13.3. The summed E-state index contributed by atoms with van der Waals surface area (Å²) in [5, 5.41) is 5.54. The third kappa shape index (κ3) is 4.68. The lowest BCUT2D eigenvalue weighted by Gasteiger charge is -2.18. The Kier molecular flexibility index (Phi) is 5.93. The number of Topliss-reactive ketones (excluding diaryl/α,β-unsaturated/α-hetero) is 1. The van der Waals surface area contributed by atoms with Gasteiger partial charge in [-0.05, 0) is 62.4 Å². The first kappa shape index (κ1) is 19.4. The number of ketones is 1. The van der Waals surface area contributed by atoms with Gasteiger partial charge in [0.05, 0.1) is 12.6 Å². The van der Waals surface area contributed by atoms with E-state index in [0.29, 0.717) is 24.4 Å². The van der Waals surface area contributed by atoms with Gasteiger partial charge in [-0.1, -0.05) is 0 Å². The number of amides is 3. The Morgan fingerprint density at radius 2 is 1.79 bits per heavy atom. The zero-order valence-electron chi connectivity index (χ0n) is 15.9. The molecule has 2 aromatic carbocycles. The Hall–Kier alpha value is -3.35. The summed E-state index contributed by atoms with van der Waals surface area (Å²) in [4.78, 5) is 37.5. The van der Waals surface area contributed by atoms with E-state index in [2.05, 4.69) is 10.6 Å². The third-order valence-electron chi connectivity index (χ3n) is 4.47. The summed E-state index contributed by atoms with van der Waals surface area (Å²) in [5.74, 6) is 0.679. The number of hydrogen-bond donors (Lipinski definition) is 2. The van der Waals surface area contributed by atoms with Gasteiger partial charge in [0, 0.05) is 29.9 Å². The van der Waals surface area contributed by atoms with E-state index in [-0.39, 0.29) is 30.2 Å². The highest BCUT2D eigenvalue weighted by molar-refractivity contribution is 5.98. The first-order chi connectivity index (χ1) is 13.5. The van der Waals surface area contributed by atoms with Gasteiger partial charge >= 0.3 is 6.03 Å². The van der Waals surface area contributed by atoms with E-state index in [9.17, 15) is 14.4 Å². The molecule has 7 heteroatoms. The molecule has 2 N–H and O–H groups in total. The van der Waals surface area contributed by atoms with E-state index < -0.39 is 0 Å². The molecule has 0 unspecified atom stereocenters. The van der Waals surface area contributed by atoms with Gasteiger partial charge in [0.25, 0.3) is 0 Å². The molecule has 2 aromatic rings. The molecule has 1 fully saturated rings. The van der Waals surface area contributed by atoms with Crippen molar-refractivity contribution in [1.29, 1.82) is 0 Å². The standard InChI is InChI=1S/C21H23N3O4/c1-3-28-19-10-8-18(9-11-19)24-13-17(12-20(24)26)23-21(27)22-16-6-4-15(5-7-16)14(2)25/h4-11,17H,3,12-13H2,1-2H3,(H2,22,23,27)/t17-/m0/s1. The van der Waals surface area contributed by atoms with Crippen LogP contribution in [0.15, 0.2) is 48.5 Å². The van der Waals surface area contributed by atoms with E-state index in [0.717, 1.165) is 11.4 Å². The number of nitrogens with zero attached hydrogens (tertiary/aromatic N) is 1. The van der Waals surface area contributed by atoms with Gasteiger partial charge in [-0.3, -0.25) is 9.59 Å². The molecular weight excluding hydrogens is 358 g/mol. The van der Waals surface area contributed by atoms with E-state index in [1.165, 1.54) is 6.92 Å². The molecule has 1 heterocycles. The maximum absolute atomic E-state index is 12.3. The van der Waals surface area contributed by atoms with Crippen molar-refractivity contribution in [3.05, 3.63) is 54.1 Å². The fourth-order valence-corrected chi connectivity index (χ4v) is 3.08. The smallest absolute Gasteiger partial charge is 0.319 e. The van der Waals surface area contributed by atoms with Crippen LogP contribution in [0.1, 0.15) is 30.6 Å². The fourth-order valence-electron chi connectivity index (χ4n) is 3.08. The molecule has 146 valence electrons. The average molecular weight is 381 g/mol. The van der Waals surface area contributed by atoms with Crippen LogP contribution in [-0.2, 0) is 4.79 Å². The topological polar surface area (TPSA) is 87.7 Å². The number of ether oxygens (including phenoxy) is 1. The molecule has 7 nitrogen and oxygen atoms in total. The molecule has 1 aliphatic rings. The zero-order valence-corrected chi connectivity index (χ0v) is 15.9. The third-order valence-corrected chi connectivity index (χ3v) is 4.47. The maximum atomic E-state index is 12.3. The molecule has 3 amide bonds. The van der Waals surface area contributed by atoms with Gasteiger partial charge in [-0.2, -0.15) is 0 Å². The number of anilines is 2. The lowest BCUT2D eigenvalue weighted by molar-refractivity contribution is -0.117. The van der Waals surface area contributed by atoms with Crippen LogP contribution in [-0.4, -0.2) is 36.9 Å². The first-order valence-corrected chi connectivity index (χ1v) is 9.18. The normalized spacial score (nSPS) is 16.0. The largest absolute Gasteiger partial charge is 0.494 e. The Morgan fingerprint density at radius 1 is 1.11 bits per heavy atom. The predicted octanol–water partition coefficient (Wildman–Crippen LogP) is 3.21. The van der Waals surface area contributed by atoms with Gasteiger partial charge in [-0.25, -0.2) is 4.79 Å². The minimum Gasteiger partial charge on any atom is -0.494 e. The van der Waals surface area contributed by atoms with E-state index >= 15 is 0 Å². The number of rotatable bonds is 6. The summed E-state index contributed by atoms with van der Waals surface area (Å²) in [5.41, 5.74) is 1.94. The monoisotopic (exact) mass is 381 g/mol. The molecule has 0 aromatic heterocycles. The summed E-state index contributed by atoms with van der Waals surface area (Å²) in [6.45, 7) is 4.39. The van der Waals surface area contributed by atoms with Crippen molar-refractivity contribution in [3.63, 3.8) is 0 Å². The lowest BCUT2D eigenvalue weighted by atomic mass is 10.1. The SMILES string of the molecule is CCOc1ccc(N2C[C@@H](NC(=O)Nc3ccc(C(C)=O)cc3)CC2=O)cc1. The van der Waals surface area contributed by atoms with Gasteiger partial charge in [0.2, 0.25) is 5.91 Å². The fraction of sp³-hybridized carbons (Fsp3) is 0.286. The molecule has 1 atom stereocenters. The van der Waals surface area contributed by atoms with Crippen LogP contribution in [0.4, 0.5) is 16.2 Å². The highest BCUT2D eigenvalue weighted by atomic mass is 16.5. The second kappa shape index (κ2) is 8.56. The second-order valence-electron chi connectivity index (χ2n) is 6.56. The molecule has 28 heavy (non-hydrogen) atoms. The minimum absolute atomic E-state index is 0.0325. The molecule has 1 aliphatic heterocycles. The number of hydrogen-bond acceptors (Lipinski definition) is 4. The number of carbonyl (C=O) groups excluding carboxylic acids is 3. The summed E-state index contributed by atoms with van der Waals surface area (Å²) >= 11 is 0.